The monoisotopic (exact) mass is 245 g/mol. The van der Waals surface area contributed by atoms with Crippen molar-refractivity contribution in [1.29, 1.82) is 5.26 Å². The van der Waals surface area contributed by atoms with Crippen LogP contribution in [0.15, 0.2) is 24.3 Å². The van der Waals surface area contributed by atoms with E-state index in [4.69, 9.17) is 0 Å². The highest BCUT2D eigenvalue weighted by Crippen LogP contribution is 2.43. The maximum atomic E-state index is 13.0. The van der Waals surface area contributed by atoms with Crippen LogP contribution in [0, 0.1) is 29.0 Å². The van der Waals surface area contributed by atoms with Gasteiger partial charge in [-0.2, -0.15) is 5.26 Å². The maximum Gasteiger partial charge on any atom is 0.123 e. The van der Waals surface area contributed by atoms with E-state index in [9.17, 15) is 9.65 Å². The Balaban J connectivity index is 2.19. The van der Waals surface area contributed by atoms with Gasteiger partial charge in [-0.1, -0.05) is 26.0 Å². The van der Waals surface area contributed by atoms with E-state index in [1.807, 2.05) is 0 Å². The van der Waals surface area contributed by atoms with E-state index in [1.165, 1.54) is 12.1 Å². The van der Waals surface area contributed by atoms with Crippen LogP contribution >= 0.6 is 0 Å². The fourth-order valence-corrected chi connectivity index (χ4v) is 3.03. The van der Waals surface area contributed by atoms with Crippen LogP contribution in [0.4, 0.5) is 4.39 Å². The van der Waals surface area contributed by atoms with Crippen molar-refractivity contribution in [3.63, 3.8) is 0 Å². The predicted molar refractivity (Wildman–Crippen MR) is 70.5 cm³/mol. The molecular weight excluding hydrogens is 225 g/mol. The van der Waals surface area contributed by atoms with Crippen molar-refractivity contribution >= 4 is 0 Å². The van der Waals surface area contributed by atoms with Crippen molar-refractivity contribution in [2.45, 2.75) is 44.9 Å². The Bertz CT molecular complexity index is 433. The third-order valence-electron chi connectivity index (χ3n) is 4.44. The molecule has 0 heterocycles. The Kier molecular flexibility index (Phi) is 3.71. The van der Waals surface area contributed by atoms with Gasteiger partial charge in [-0.25, -0.2) is 4.39 Å². The zero-order valence-corrected chi connectivity index (χ0v) is 11.1. The van der Waals surface area contributed by atoms with Gasteiger partial charge >= 0.3 is 0 Å². The van der Waals surface area contributed by atoms with Crippen LogP contribution in [0.25, 0.3) is 0 Å². The Morgan fingerprint density at radius 3 is 2.22 bits per heavy atom. The normalized spacial score (nSPS) is 28.1. The van der Waals surface area contributed by atoms with E-state index < -0.39 is 0 Å². The highest BCUT2D eigenvalue weighted by Gasteiger charge is 2.37. The van der Waals surface area contributed by atoms with Gasteiger partial charge in [-0.15, -0.1) is 0 Å². The summed E-state index contributed by atoms with van der Waals surface area (Å²) in [6, 6.07) is 8.96. The molecule has 1 saturated carbocycles. The molecule has 0 saturated heterocycles. The lowest BCUT2D eigenvalue weighted by molar-refractivity contribution is 0.226. The third kappa shape index (κ3) is 2.41. The summed E-state index contributed by atoms with van der Waals surface area (Å²) in [6.07, 6.45) is 4.00. The van der Waals surface area contributed by atoms with Crippen molar-refractivity contribution in [3.05, 3.63) is 35.6 Å². The number of halogens is 1. The average Bonchev–Trinajstić information content (AvgIpc) is 2.39. The first kappa shape index (κ1) is 13.1. The van der Waals surface area contributed by atoms with Gasteiger partial charge in [0, 0.05) is 0 Å². The van der Waals surface area contributed by atoms with Crippen LogP contribution in [-0.2, 0) is 5.41 Å². The summed E-state index contributed by atoms with van der Waals surface area (Å²) in [5.74, 6) is 1.18. The van der Waals surface area contributed by atoms with Gasteiger partial charge in [0.1, 0.15) is 5.82 Å². The van der Waals surface area contributed by atoms with Gasteiger partial charge < -0.3 is 0 Å². The van der Waals surface area contributed by atoms with Crippen LogP contribution in [0.5, 0.6) is 0 Å². The van der Waals surface area contributed by atoms with Crippen molar-refractivity contribution in [3.8, 4) is 6.07 Å². The fraction of sp³-hybridized carbons (Fsp3) is 0.562. The molecule has 1 aromatic carbocycles. The average molecular weight is 245 g/mol. The van der Waals surface area contributed by atoms with E-state index in [1.54, 1.807) is 12.1 Å². The largest absolute Gasteiger partial charge is 0.207 e. The number of nitriles is 1. The standard InChI is InChI=1S/C16H20FN/c1-12(2)13-7-9-16(11-18,10-8-13)14-3-5-15(17)6-4-14/h3-6,12-13H,7-10H2,1-2H3. The first-order chi connectivity index (χ1) is 8.57. The van der Waals surface area contributed by atoms with E-state index in [0.29, 0.717) is 5.92 Å². The summed E-state index contributed by atoms with van der Waals surface area (Å²) < 4.78 is 13.0. The van der Waals surface area contributed by atoms with E-state index in [-0.39, 0.29) is 11.2 Å². The van der Waals surface area contributed by atoms with Crippen LogP contribution in [0.1, 0.15) is 45.1 Å². The van der Waals surface area contributed by atoms with Crippen LogP contribution in [-0.4, -0.2) is 0 Å². The molecule has 0 aliphatic heterocycles. The smallest absolute Gasteiger partial charge is 0.123 e. The van der Waals surface area contributed by atoms with Crippen molar-refractivity contribution in [2.75, 3.05) is 0 Å². The van der Waals surface area contributed by atoms with E-state index >= 15 is 0 Å². The highest BCUT2D eigenvalue weighted by molar-refractivity contribution is 5.33. The van der Waals surface area contributed by atoms with E-state index in [2.05, 4.69) is 19.9 Å². The summed E-state index contributed by atoms with van der Waals surface area (Å²) in [4.78, 5) is 0. The summed E-state index contributed by atoms with van der Waals surface area (Å²) in [5, 5.41) is 9.55. The molecule has 18 heavy (non-hydrogen) atoms. The summed E-state index contributed by atoms with van der Waals surface area (Å²) in [6.45, 7) is 4.50. The highest BCUT2D eigenvalue weighted by atomic mass is 19.1. The predicted octanol–water partition coefficient (Wildman–Crippen LogP) is 4.43. The molecule has 1 nitrogen and oxygen atoms in total. The minimum atomic E-state index is -0.390. The third-order valence-corrected chi connectivity index (χ3v) is 4.44. The molecule has 0 unspecified atom stereocenters. The molecule has 0 spiro atoms. The molecule has 1 aliphatic rings. The first-order valence-electron chi connectivity index (χ1n) is 6.75. The zero-order chi connectivity index (χ0) is 13.2. The van der Waals surface area contributed by atoms with Crippen LogP contribution < -0.4 is 0 Å². The summed E-state index contributed by atoms with van der Waals surface area (Å²) >= 11 is 0. The number of benzene rings is 1. The van der Waals surface area contributed by atoms with Gasteiger partial charge in [0.2, 0.25) is 0 Å². The number of hydrogen-bond donors (Lipinski definition) is 0. The van der Waals surface area contributed by atoms with Gasteiger partial charge in [-0.3, -0.25) is 0 Å². The molecule has 0 atom stereocenters. The molecule has 1 aromatic rings. The maximum absolute atomic E-state index is 13.0. The molecule has 0 amide bonds. The van der Waals surface area contributed by atoms with Crippen molar-refractivity contribution in [1.82, 2.24) is 0 Å². The Morgan fingerprint density at radius 2 is 1.78 bits per heavy atom. The van der Waals surface area contributed by atoms with Crippen LogP contribution in [0.3, 0.4) is 0 Å². The number of hydrogen-bond acceptors (Lipinski definition) is 1. The molecule has 1 fully saturated rings. The zero-order valence-electron chi connectivity index (χ0n) is 11.1. The molecule has 0 N–H and O–H groups in total. The van der Waals surface area contributed by atoms with Crippen molar-refractivity contribution in [2.24, 2.45) is 11.8 Å². The van der Waals surface area contributed by atoms with Crippen LogP contribution in [0.2, 0.25) is 0 Å². The van der Waals surface area contributed by atoms with E-state index in [0.717, 1.165) is 37.2 Å². The van der Waals surface area contributed by atoms with Gasteiger partial charge in [0.05, 0.1) is 11.5 Å². The lowest BCUT2D eigenvalue weighted by atomic mass is 9.65. The first-order valence-corrected chi connectivity index (χ1v) is 6.75. The Labute approximate surface area is 109 Å². The molecule has 0 aromatic heterocycles. The molecule has 1 aliphatic carbocycles. The SMILES string of the molecule is CC(C)C1CCC(C#N)(c2ccc(F)cc2)CC1. The van der Waals surface area contributed by atoms with Gasteiger partial charge in [0.15, 0.2) is 0 Å². The molecule has 0 bridgehead atoms. The second-order valence-corrected chi connectivity index (χ2v) is 5.78. The lowest BCUT2D eigenvalue weighted by Crippen LogP contribution is -2.31. The number of nitrogens with zero attached hydrogens (tertiary/aromatic N) is 1. The molecular formula is C16H20FN. The minimum Gasteiger partial charge on any atom is -0.207 e. The lowest BCUT2D eigenvalue weighted by Gasteiger charge is -2.36. The molecule has 0 radical (unpaired) electrons. The topological polar surface area (TPSA) is 23.8 Å². The minimum absolute atomic E-state index is 0.234. The summed E-state index contributed by atoms with van der Waals surface area (Å²) in [5.41, 5.74) is 0.590. The van der Waals surface area contributed by atoms with Gasteiger partial charge in [0.25, 0.3) is 0 Å². The number of rotatable bonds is 2. The second kappa shape index (κ2) is 5.10. The molecule has 96 valence electrons. The van der Waals surface area contributed by atoms with Crippen molar-refractivity contribution < 1.29 is 4.39 Å². The van der Waals surface area contributed by atoms with Gasteiger partial charge in [-0.05, 0) is 55.2 Å². The Morgan fingerprint density at radius 1 is 1.22 bits per heavy atom. The summed E-state index contributed by atoms with van der Waals surface area (Å²) in [7, 11) is 0. The fourth-order valence-electron chi connectivity index (χ4n) is 3.03. The Hall–Kier alpha value is -1.36. The quantitative estimate of drug-likeness (QED) is 0.756. The second-order valence-electron chi connectivity index (χ2n) is 5.78. The molecule has 2 rings (SSSR count). The molecule has 2 heteroatoms.